The Bertz CT molecular complexity index is 1020. The molecular formula is C22H21ClF2N2O2. The number of nitrogens with zero attached hydrogens (tertiary/aromatic N) is 1. The first-order valence-corrected chi connectivity index (χ1v) is 10.2. The van der Waals surface area contributed by atoms with Crippen LogP contribution in [-0.2, 0) is 4.79 Å². The number of halogens is 3. The zero-order valence-corrected chi connectivity index (χ0v) is 16.6. The van der Waals surface area contributed by atoms with Gasteiger partial charge >= 0.3 is 0 Å². The van der Waals surface area contributed by atoms with Crippen LogP contribution in [0.2, 0.25) is 5.02 Å². The first-order chi connectivity index (χ1) is 13.8. The number of aromatic nitrogens is 1. The molecule has 1 heterocycles. The highest BCUT2D eigenvalue weighted by Gasteiger charge is 2.36. The van der Waals surface area contributed by atoms with Crippen molar-refractivity contribution in [2.75, 3.05) is 6.54 Å². The van der Waals surface area contributed by atoms with Crippen molar-refractivity contribution in [3.8, 4) is 0 Å². The fourth-order valence-electron chi connectivity index (χ4n) is 4.16. The monoisotopic (exact) mass is 418 g/mol. The Balaban J connectivity index is 1.56. The van der Waals surface area contributed by atoms with Gasteiger partial charge in [-0.2, -0.15) is 0 Å². The van der Waals surface area contributed by atoms with Crippen molar-refractivity contribution in [2.24, 2.45) is 5.92 Å². The van der Waals surface area contributed by atoms with Gasteiger partial charge in [-0.15, -0.1) is 0 Å². The second-order valence-corrected chi connectivity index (χ2v) is 8.26. The van der Waals surface area contributed by atoms with Crippen molar-refractivity contribution >= 4 is 39.8 Å². The molecule has 0 radical (unpaired) electrons. The van der Waals surface area contributed by atoms with Crippen LogP contribution in [0.3, 0.4) is 0 Å². The van der Waals surface area contributed by atoms with Gasteiger partial charge in [0.1, 0.15) is 0 Å². The number of hydrogen-bond acceptors (Lipinski definition) is 3. The van der Waals surface area contributed by atoms with Gasteiger partial charge in [-0.1, -0.05) is 11.6 Å². The fraction of sp³-hybridized carbons (Fsp3) is 0.409. The maximum absolute atomic E-state index is 13.6. The molecule has 152 valence electrons. The average Bonchev–Trinajstić information content (AvgIpc) is 3.11. The standard InChI is InChI=1S/C22H21ClF2N2O2/c23-17-6-8-19-16(5-7-18(27-19)14-3-4-15(28)10-14)20(17)21(29)26-12-13-2-1-9-22(24,25)11-13/h5-8,10,13H,1-4,9,11-12H2,(H,26,29). The molecule has 4 nitrogen and oxygen atoms in total. The Morgan fingerprint density at radius 1 is 1.24 bits per heavy atom. The number of allylic oxidation sites excluding steroid dienone is 2. The van der Waals surface area contributed by atoms with Crippen LogP contribution in [0.5, 0.6) is 0 Å². The third-order valence-electron chi connectivity index (χ3n) is 5.65. The Labute approximate surface area is 172 Å². The van der Waals surface area contributed by atoms with Gasteiger partial charge in [0.25, 0.3) is 5.91 Å². The summed E-state index contributed by atoms with van der Waals surface area (Å²) in [4.78, 5) is 28.9. The van der Waals surface area contributed by atoms with Crippen LogP contribution in [0.4, 0.5) is 8.78 Å². The zero-order chi connectivity index (χ0) is 20.6. The van der Waals surface area contributed by atoms with Gasteiger partial charge in [0.15, 0.2) is 5.78 Å². The largest absolute Gasteiger partial charge is 0.352 e. The predicted molar refractivity (Wildman–Crippen MR) is 108 cm³/mol. The summed E-state index contributed by atoms with van der Waals surface area (Å²) in [7, 11) is 0. The van der Waals surface area contributed by atoms with Crippen molar-refractivity contribution < 1.29 is 18.4 Å². The number of pyridine rings is 1. The molecular weight excluding hydrogens is 398 g/mol. The van der Waals surface area contributed by atoms with E-state index in [0.29, 0.717) is 47.8 Å². The van der Waals surface area contributed by atoms with E-state index in [9.17, 15) is 18.4 Å². The summed E-state index contributed by atoms with van der Waals surface area (Å²) in [5.74, 6) is -3.19. The summed E-state index contributed by atoms with van der Waals surface area (Å²) in [5, 5.41) is 3.66. The fourth-order valence-corrected chi connectivity index (χ4v) is 4.41. The van der Waals surface area contributed by atoms with Crippen LogP contribution < -0.4 is 5.32 Å². The maximum Gasteiger partial charge on any atom is 0.253 e. The molecule has 2 aliphatic rings. The lowest BCUT2D eigenvalue weighted by molar-refractivity contribution is -0.114. The van der Waals surface area contributed by atoms with Gasteiger partial charge in [0.2, 0.25) is 5.92 Å². The van der Waals surface area contributed by atoms with Crippen molar-refractivity contribution in [3.05, 3.63) is 46.6 Å². The van der Waals surface area contributed by atoms with Crippen LogP contribution in [-0.4, -0.2) is 29.1 Å². The van der Waals surface area contributed by atoms with Crippen molar-refractivity contribution in [3.63, 3.8) is 0 Å². The number of alkyl halides is 2. The highest BCUT2D eigenvalue weighted by molar-refractivity contribution is 6.35. The van der Waals surface area contributed by atoms with Gasteiger partial charge in [-0.3, -0.25) is 9.59 Å². The summed E-state index contributed by atoms with van der Waals surface area (Å²) in [6.45, 7) is 0.196. The summed E-state index contributed by atoms with van der Waals surface area (Å²) in [6, 6.07) is 6.90. The van der Waals surface area contributed by atoms with E-state index in [4.69, 9.17) is 11.6 Å². The normalized spacial score (nSPS) is 21.3. The predicted octanol–water partition coefficient (Wildman–Crippen LogP) is 5.19. The molecule has 2 aliphatic carbocycles. The van der Waals surface area contributed by atoms with Crippen molar-refractivity contribution in [1.82, 2.24) is 10.3 Å². The molecule has 4 rings (SSSR count). The lowest BCUT2D eigenvalue weighted by Gasteiger charge is -2.29. The number of fused-ring (bicyclic) bond motifs is 1. The van der Waals surface area contributed by atoms with Gasteiger partial charge in [-0.05, 0) is 61.1 Å². The number of carbonyl (C=O) groups excluding carboxylic acids is 2. The van der Waals surface area contributed by atoms with Gasteiger partial charge < -0.3 is 5.32 Å². The summed E-state index contributed by atoms with van der Waals surface area (Å²) in [5.41, 5.74) is 2.49. The van der Waals surface area contributed by atoms with Crippen LogP contribution in [0.1, 0.15) is 54.6 Å². The molecule has 1 aromatic carbocycles. The van der Waals surface area contributed by atoms with Crippen LogP contribution in [0.15, 0.2) is 30.3 Å². The molecule has 1 aromatic heterocycles. The second-order valence-electron chi connectivity index (χ2n) is 7.85. The Morgan fingerprint density at radius 3 is 2.79 bits per heavy atom. The second kappa shape index (κ2) is 7.82. The molecule has 1 amide bonds. The maximum atomic E-state index is 13.6. The number of amides is 1. The van der Waals surface area contributed by atoms with Gasteiger partial charge in [-0.25, -0.2) is 13.8 Å². The summed E-state index contributed by atoms with van der Waals surface area (Å²) in [6.07, 6.45) is 3.62. The van der Waals surface area contributed by atoms with E-state index in [-0.39, 0.29) is 42.0 Å². The van der Waals surface area contributed by atoms with E-state index in [1.807, 2.05) is 0 Å². The molecule has 7 heteroatoms. The van der Waals surface area contributed by atoms with Gasteiger partial charge in [0, 0.05) is 31.2 Å². The molecule has 29 heavy (non-hydrogen) atoms. The number of rotatable bonds is 4. The third-order valence-corrected chi connectivity index (χ3v) is 5.96. The quantitative estimate of drug-likeness (QED) is 0.743. The minimum absolute atomic E-state index is 0.0807. The van der Waals surface area contributed by atoms with Crippen LogP contribution in [0.25, 0.3) is 16.5 Å². The molecule has 1 fully saturated rings. The molecule has 2 aromatic rings. The first kappa shape index (κ1) is 20.0. The SMILES string of the molecule is O=C1C=C(c2ccc3c(C(=O)NCC4CCCC(F)(F)C4)c(Cl)ccc3n2)CC1. The molecule has 1 N–H and O–H groups in total. The van der Waals surface area contributed by atoms with E-state index in [0.717, 1.165) is 5.57 Å². The van der Waals surface area contributed by atoms with E-state index in [2.05, 4.69) is 10.3 Å². The van der Waals surface area contributed by atoms with Crippen LogP contribution >= 0.6 is 11.6 Å². The lowest BCUT2D eigenvalue weighted by atomic mass is 9.86. The Hall–Kier alpha value is -2.34. The minimum Gasteiger partial charge on any atom is -0.352 e. The summed E-state index contributed by atoms with van der Waals surface area (Å²) < 4.78 is 27.2. The number of hydrogen-bond donors (Lipinski definition) is 1. The van der Waals surface area contributed by atoms with E-state index >= 15 is 0 Å². The van der Waals surface area contributed by atoms with E-state index in [1.54, 1.807) is 30.3 Å². The van der Waals surface area contributed by atoms with E-state index in [1.165, 1.54) is 0 Å². The smallest absolute Gasteiger partial charge is 0.253 e. The first-order valence-electron chi connectivity index (χ1n) is 9.81. The highest BCUT2D eigenvalue weighted by atomic mass is 35.5. The molecule has 0 aliphatic heterocycles. The lowest BCUT2D eigenvalue weighted by Crippen LogP contribution is -2.35. The number of carbonyl (C=O) groups is 2. The number of benzene rings is 1. The Kier molecular flexibility index (Phi) is 5.38. The topological polar surface area (TPSA) is 59.1 Å². The molecule has 1 unspecified atom stereocenters. The van der Waals surface area contributed by atoms with Crippen molar-refractivity contribution in [1.29, 1.82) is 0 Å². The number of ketones is 1. The molecule has 1 atom stereocenters. The minimum atomic E-state index is -2.65. The summed E-state index contributed by atoms with van der Waals surface area (Å²) >= 11 is 6.29. The molecule has 0 spiro atoms. The Morgan fingerprint density at radius 2 is 2.07 bits per heavy atom. The number of nitrogens with one attached hydrogen (secondary N) is 1. The third kappa shape index (κ3) is 4.32. The molecule has 1 saturated carbocycles. The molecule has 0 bridgehead atoms. The zero-order valence-electron chi connectivity index (χ0n) is 15.8. The highest BCUT2D eigenvalue weighted by Crippen LogP contribution is 2.36. The molecule has 0 saturated heterocycles. The van der Waals surface area contributed by atoms with Crippen LogP contribution in [0, 0.1) is 5.92 Å². The van der Waals surface area contributed by atoms with Gasteiger partial charge in [0.05, 0.1) is 21.8 Å². The average molecular weight is 419 g/mol. The van der Waals surface area contributed by atoms with Crippen molar-refractivity contribution in [2.45, 2.75) is 44.4 Å². The van der Waals surface area contributed by atoms with E-state index < -0.39 is 5.92 Å².